The predicted octanol–water partition coefficient (Wildman–Crippen LogP) is 2.10. The lowest BCUT2D eigenvalue weighted by molar-refractivity contribution is -0.131. The van der Waals surface area contributed by atoms with Crippen LogP contribution in [0.2, 0.25) is 0 Å². The number of hydrogen-bond acceptors (Lipinski definition) is 7. The molecule has 228 valence electrons. The number of amides is 2. The number of pyridine rings is 2. The van der Waals surface area contributed by atoms with Crippen LogP contribution in [0.25, 0.3) is 10.9 Å². The second kappa shape index (κ2) is 12.3. The molecule has 12 nitrogen and oxygen atoms in total. The number of benzene rings is 1. The minimum atomic E-state index is -1.34. The summed E-state index contributed by atoms with van der Waals surface area (Å²) in [6, 6.07) is 4.08. The highest BCUT2D eigenvalue weighted by Gasteiger charge is 2.29. The van der Waals surface area contributed by atoms with E-state index in [0.29, 0.717) is 55.9 Å². The van der Waals surface area contributed by atoms with Crippen LogP contribution in [0.5, 0.6) is 5.75 Å². The summed E-state index contributed by atoms with van der Waals surface area (Å²) in [7, 11) is 1.66. The fraction of sp³-hybridized carbons (Fsp3) is 0.433. The smallest absolute Gasteiger partial charge is 0.341 e. The normalized spacial score (nSPS) is 15.1. The van der Waals surface area contributed by atoms with Gasteiger partial charge in [-0.15, -0.1) is 0 Å². The first-order valence-electron chi connectivity index (χ1n) is 14.3. The number of nitrogens with zero attached hydrogens (tertiary/aromatic N) is 4. The molecule has 3 aromatic rings. The highest BCUT2D eigenvalue weighted by atomic mass is 19.1. The number of unbranched alkanes of at least 4 members (excludes halogenated alkanes) is 1. The predicted molar refractivity (Wildman–Crippen MR) is 156 cm³/mol. The molecule has 0 bridgehead atoms. The van der Waals surface area contributed by atoms with Crippen molar-refractivity contribution in [2.75, 3.05) is 31.1 Å². The lowest BCUT2D eigenvalue weighted by atomic mass is 10.1. The first kappa shape index (κ1) is 29.8. The van der Waals surface area contributed by atoms with Gasteiger partial charge < -0.3 is 34.5 Å². The number of nitrogens with one attached hydrogen (secondary N) is 1. The Bertz CT molecular complexity index is 1700. The molecule has 1 aromatic carbocycles. The SMILES string of the molecule is Cn1cc(O)c(=O)cc1CNC(=O)CCCCC(=O)N1CCN(c2cc3c(cc2F)c(=O)c(C(=O)O)cn3C2CC2)CC1. The van der Waals surface area contributed by atoms with E-state index in [2.05, 4.69) is 5.32 Å². The van der Waals surface area contributed by atoms with Crippen LogP contribution in [-0.2, 0) is 23.2 Å². The van der Waals surface area contributed by atoms with Crippen LogP contribution in [0.15, 0.2) is 40.2 Å². The zero-order chi connectivity index (χ0) is 30.8. The van der Waals surface area contributed by atoms with Gasteiger partial charge in [0.2, 0.25) is 22.7 Å². The number of aromatic nitrogens is 2. The van der Waals surface area contributed by atoms with Crippen LogP contribution in [-0.4, -0.2) is 68.2 Å². The Hall–Kier alpha value is -4.68. The monoisotopic (exact) mass is 595 g/mol. The Labute approximate surface area is 245 Å². The van der Waals surface area contributed by atoms with Gasteiger partial charge in [0.1, 0.15) is 11.4 Å². The summed E-state index contributed by atoms with van der Waals surface area (Å²) < 4.78 is 18.5. The van der Waals surface area contributed by atoms with Gasteiger partial charge in [0.25, 0.3) is 0 Å². The number of carbonyl (C=O) groups is 3. The van der Waals surface area contributed by atoms with Crippen LogP contribution >= 0.6 is 0 Å². The Kier molecular flexibility index (Phi) is 8.51. The average Bonchev–Trinajstić information content (AvgIpc) is 3.82. The molecule has 2 fully saturated rings. The number of carbonyl (C=O) groups excluding carboxylic acids is 2. The van der Waals surface area contributed by atoms with Crippen molar-refractivity contribution in [1.29, 1.82) is 0 Å². The number of piperazine rings is 1. The summed E-state index contributed by atoms with van der Waals surface area (Å²) in [6.45, 7) is 1.74. The van der Waals surface area contributed by atoms with E-state index in [4.69, 9.17) is 0 Å². The van der Waals surface area contributed by atoms with Crippen LogP contribution in [0, 0.1) is 5.82 Å². The molecular weight excluding hydrogens is 561 g/mol. The van der Waals surface area contributed by atoms with E-state index in [-0.39, 0.29) is 53.9 Å². The molecule has 1 aliphatic heterocycles. The van der Waals surface area contributed by atoms with Crippen molar-refractivity contribution >= 4 is 34.4 Å². The first-order valence-corrected chi connectivity index (χ1v) is 14.3. The third-order valence-corrected chi connectivity index (χ3v) is 8.07. The Morgan fingerprint density at radius 1 is 1.00 bits per heavy atom. The summed E-state index contributed by atoms with van der Waals surface area (Å²) in [5.74, 6) is -2.55. The summed E-state index contributed by atoms with van der Waals surface area (Å²) in [5, 5.41) is 21.7. The zero-order valence-electron chi connectivity index (χ0n) is 23.8. The van der Waals surface area contributed by atoms with Gasteiger partial charge in [-0.1, -0.05) is 0 Å². The fourth-order valence-electron chi connectivity index (χ4n) is 5.44. The Morgan fingerprint density at radius 2 is 1.70 bits per heavy atom. The largest absolute Gasteiger partial charge is 0.503 e. The van der Waals surface area contributed by atoms with E-state index in [1.165, 1.54) is 18.5 Å². The number of halogens is 1. The van der Waals surface area contributed by atoms with Crippen LogP contribution in [0.1, 0.15) is 60.6 Å². The van der Waals surface area contributed by atoms with E-state index in [1.54, 1.807) is 27.1 Å². The molecule has 43 heavy (non-hydrogen) atoms. The molecule has 3 heterocycles. The molecule has 0 spiro atoms. The molecule has 1 saturated heterocycles. The third kappa shape index (κ3) is 6.55. The second-order valence-corrected chi connectivity index (χ2v) is 11.1. The number of carboxylic acids is 1. The van der Waals surface area contributed by atoms with Gasteiger partial charge in [0.15, 0.2) is 5.75 Å². The highest BCUT2D eigenvalue weighted by Crippen LogP contribution is 2.38. The minimum absolute atomic E-state index is 0.0399. The number of rotatable bonds is 10. The standard InChI is InChI=1S/C30H34FN5O7/c1-33-17-26(38)25(37)12-19(33)15-32-27(39)4-2-3-5-28(40)35-10-8-34(9-11-35)24-14-23-20(13-22(24)31)29(41)21(30(42)43)16-36(23)18-6-7-18/h12-14,16-18,38H,2-11,15H2,1H3,(H,32,39)(H,42,43). The van der Waals surface area contributed by atoms with Crippen LogP contribution < -0.4 is 21.1 Å². The molecule has 1 aliphatic carbocycles. The van der Waals surface area contributed by atoms with Crippen molar-refractivity contribution < 1.29 is 29.0 Å². The van der Waals surface area contributed by atoms with Crippen LogP contribution in [0.3, 0.4) is 0 Å². The van der Waals surface area contributed by atoms with Crippen LogP contribution in [0.4, 0.5) is 10.1 Å². The third-order valence-electron chi connectivity index (χ3n) is 8.07. The molecule has 0 atom stereocenters. The molecule has 2 amide bonds. The fourth-order valence-corrected chi connectivity index (χ4v) is 5.44. The molecule has 1 saturated carbocycles. The maximum atomic E-state index is 15.2. The van der Waals surface area contributed by atoms with Crippen molar-refractivity contribution in [2.45, 2.75) is 51.1 Å². The average molecular weight is 596 g/mol. The molecule has 13 heteroatoms. The number of fused-ring (bicyclic) bond motifs is 1. The molecule has 0 unspecified atom stereocenters. The lowest BCUT2D eigenvalue weighted by Crippen LogP contribution is -2.49. The molecule has 0 radical (unpaired) electrons. The number of carboxylic acid groups (broad SMARTS) is 1. The van der Waals surface area contributed by atoms with E-state index in [9.17, 15) is 34.2 Å². The lowest BCUT2D eigenvalue weighted by Gasteiger charge is -2.36. The van der Waals surface area contributed by atoms with Gasteiger partial charge in [-0.3, -0.25) is 19.2 Å². The summed E-state index contributed by atoms with van der Waals surface area (Å²) >= 11 is 0. The molecule has 5 rings (SSSR count). The van der Waals surface area contributed by atoms with Gasteiger partial charge in [0.05, 0.1) is 17.7 Å². The van der Waals surface area contributed by atoms with Gasteiger partial charge in [-0.05, 0) is 37.8 Å². The highest BCUT2D eigenvalue weighted by molar-refractivity contribution is 5.93. The second-order valence-electron chi connectivity index (χ2n) is 11.1. The Balaban J connectivity index is 1.12. The molecular formula is C30H34FN5O7. The zero-order valence-corrected chi connectivity index (χ0v) is 23.8. The molecule has 2 aliphatic rings. The maximum Gasteiger partial charge on any atom is 0.341 e. The number of aromatic hydroxyl groups is 1. The maximum absolute atomic E-state index is 15.2. The molecule has 3 N–H and O–H groups in total. The number of aromatic carboxylic acids is 1. The number of hydrogen-bond donors (Lipinski definition) is 3. The number of aryl methyl sites for hydroxylation is 1. The van der Waals surface area contributed by atoms with Gasteiger partial charge in [-0.25, -0.2) is 9.18 Å². The van der Waals surface area contributed by atoms with E-state index < -0.39 is 22.6 Å². The van der Waals surface area contributed by atoms with Crippen molar-refractivity contribution in [3.05, 3.63) is 68.1 Å². The van der Waals surface area contributed by atoms with Crippen molar-refractivity contribution in [1.82, 2.24) is 19.4 Å². The van der Waals surface area contributed by atoms with Crippen molar-refractivity contribution in [3.63, 3.8) is 0 Å². The quantitative estimate of drug-likeness (QED) is 0.301. The Morgan fingerprint density at radius 3 is 2.37 bits per heavy atom. The van der Waals surface area contributed by atoms with Crippen molar-refractivity contribution in [3.8, 4) is 5.75 Å². The topological polar surface area (TPSA) is 154 Å². The number of anilines is 1. The van der Waals surface area contributed by atoms with E-state index in [1.807, 2.05) is 4.90 Å². The summed E-state index contributed by atoms with van der Waals surface area (Å²) in [5.41, 5.74) is -0.222. The van der Waals surface area contributed by atoms with E-state index in [0.717, 1.165) is 18.9 Å². The van der Waals surface area contributed by atoms with Gasteiger partial charge in [0, 0.05) is 81.7 Å². The molecule has 2 aromatic heterocycles. The van der Waals surface area contributed by atoms with Gasteiger partial charge in [-0.2, -0.15) is 0 Å². The van der Waals surface area contributed by atoms with Crippen molar-refractivity contribution in [2.24, 2.45) is 7.05 Å². The minimum Gasteiger partial charge on any atom is -0.503 e. The van der Waals surface area contributed by atoms with Gasteiger partial charge >= 0.3 is 5.97 Å². The summed E-state index contributed by atoms with van der Waals surface area (Å²) in [6.07, 6.45) is 5.91. The first-order chi connectivity index (χ1) is 20.5. The van der Waals surface area contributed by atoms with E-state index >= 15 is 4.39 Å². The summed E-state index contributed by atoms with van der Waals surface area (Å²) in [4.78, 5) is 64.5.